The summed E-state index contributed by atoms with van der Waals surface area (Å²) in [6.07, 6.45) is 3.38. The van der Waals surface area contributed by atoms with E-state index in [-0.39, 0.29) is 11.9 Å². The number of nitrogens with one attached hydrogen (secondary N) is 1. The highest BCUT2D eigenvalue weighted by Crippen LogP contribution is 2.33. The van der Waals surface area contributed by atoms with Gasteiger partial charge < -0.3 is 11.1 Å². The van der Waals surface area contributed by atoms with Crippen molar-refractivity contribution in [2.24, 2.45) is 17.6 Å². The van der Waals surface area contributed by atoms with Gasteiger partial charge in [-0.05, 0) is 18.3 Å². The van der Waals surface area contributed by atoms with Crippen LogP contribution in [-0.2, 0) is 4.79 Å². The van der Waals surface area contributed by atoms with Crippen LogP contribution in [0.15, 0.2) is 0 Å². The van der Waals surface area contributed by atoms with E-state index < -0.39 is 0 Å². The van der Waals surface area contributed by atoms with Crippen LogP contribution in [0.5, 0.6) is 0 Å². The number of amides is 1. The van der Waals surface area contributed by atoms with Crippen LogP contribution in [0.1, 0.15) is 33.1 Å². The van der Waals surface area contributed by atoms with Gasteiger partial charge in [0.25, 0.3) is 0 Å². The molecule has 1 atom stereocenters. The van der Waals surface area contributed by atoms with Gasteiger partial charge in [0.15, 0.2) is 0 Å². The van der Waals surface area contributed by atoms with E-state index in [0.717, 1.165) is 18.9 Å². The molecule has 0 radical (unpaired) electrons. The molecule has 1 saturated carbocycles. The lowest BCUT2D eigenvalue weighted by molar-refractivity contribution is -0.122. The second kappa shape index (κ2) is 4.61. The number of carbonyl (C=O) groups is 1. The van der Waals surface area contributed by atoms with Gasteiger partial charge in [-0.1, -0.05) is 26.7 Å². The molecule has 1 aliphatic rings. The quantitative estimate of drug-likeness (QED) is 0.666. The molecule has 1 rings (SSSR count). The highest BCUT2D eigenvalue weighted by Gasteiger charge is 2.26. The zero-order valence-corrected chi connectivity index (χ0v) is 8.55. The van der Waals surface area contributed by atoms with Crippen LogP contribution in [0.3, 0.4) is 0 Å². The van der Waals surface area contributed by atoms with E-state index in [1.165, 1.54) is 12.8 Å². The molecule has 76 valence electrons. The molecular weight excluding hydrogens is 164 g/mol. The largest absolute Gasteiger partial charge is 0.354 e. The predicted molar refractivity (Wildman–Crippen MR) is 53.2 cm³/mol. The normalized spacial score (nSPS) is 18.8. The summed E-state index contributed by atoms with van der Waals surface area (Å²) in [5, 5.41) is 2.85. The minimum Gasteiger partial charge on any atom is -0.354 e. The Labute approximate surface area is 80.1 Å². The van der Waals surface area contributed by atoms with Crippen LogP contribution >= 0.6 is 0 Å². The number of hydrogen-bond acceptors (Lipinski definition) is 2. The monoisotopic (exact) mass is 184 g/mol. The Balaban J connectivity index is 2.13. The van der Waals surface area contributed by atoms with Gasteiger partial charge in [0.2, 0.25) is 5.91 Å². The first-order chi connectivity index (χ1) is 6.09. The third-order valence-electron chi connectivity index (χ3n) is 2.31. The van der Waals surface area contributed by atoms with Gasteiger partial charge in [-0.2, -0.15) is 0 Å². The van der Waals surface area contributed by atoms with Crippen LogP contribution in [0.25, 0.3) is 0 Å². The molecule has 1 fully saturated rings. The van der Waals surface area contributed by atoms with Crippen molar-refractivity contribution in [3.05, 3.63) is 0 Å². The van der Waals surface area contributed by atoms with Crippen molar-refractivity contribution >= 4 is 5.91 Å². The van der Waals surface area contributed by atoms with Gasteiger partial charge in [0.1, 0.15) is 0 Å². The molecule has 3 heteroatoms. The highest BCUT2D eigenvalue weighted by atomic mass is 16.2. The van der Waals surface area contributed by atoms with Gasteiger partial charge in [-0.25, -0.2) is 0 Å². The second-order valence-electron chi connectivity index (χ2n) is 4.42. The average Bonchev–Trinajstić information content (AvgIpc) is 2.83. The van der Waals surface area contributed by atoms with E-state index in [4.69, 9.17) is 5.73 Å². The van der Waals surface area contributed by atoms with Crippen molar-refractivity contribution in [1.29, 1.82) is 0 Å². The lowest BCUT2D eigenvalue weighted by atomic mass is 10.1. The average molecular weight is 184 g/mol. The maximum absolute atomic E-state index is 11.4. The molecule has 3 N–H and O–H groups in total. The molecule has 0 aromatic heterocycles. The molecule has 1 aliphatic carbocycles. The van der Waals surface area contributed by atoms with Gasteiger partial charge in [0.05, 0.1) is 6.04 Å². The maximum Gasteiger partial charge on any atom is 0.236 e. The van der Waals surface area contributed by atoms with Crippen molar-refractivity contribution in [2.45, 2.75) is 39.2 Å². The first kappa shape index (κ1) is 10.5. The summed E-state index contributed by atoms with van der Waals surface area (Å²) in [5.74, 6) is 1.23. The summed E-state index contributed by atoms with van der Waals surface area (Å²) in [6.45, 7) is 4.89. The second-order valence-corrected chi connectivity index (χ2v) is 4.42. The van der Waals surface area contributed by atoms with E-state index in [1.807, 2.05) is 0 Å². The number of nitrogens with two attached hydrogens (primary N) is 1. The molecule has 0 aromatic rings. The van der Waals surface area contributed by atoms with E-state index in [9.17, 15) is 4.79 Å². The Morgan fingerprint density at radius 1 is 1.54 bits per heavy atom. The first-order valence-corrected chi connectivity index (χ1v) is 5.13. The standard InChI is InChI=1S/C10H20N2O/c1-7(2)6-12-10(13)9(11)5-8-3-4-8/h7-9H,3-6,11H2,1-2H3,(H,12,13)/t9-/m1/s1. The molecular formula is C10H20N2O. The Kier molecular flexibility index (Phi) is 3.72. The first-order valence-electron chi connectivity index (χ1n) is 5.13. The smallest absolute Gasteiger partial charge is 0.236 e. The van der Waals surface area contributed by atoms with Crippen LogP contribution in [0.2, 0.25) is 0 Å². The minimum absolute atomic E-state index is 0.0144. The fourth-order valence-corrected chi connectivity index (χ4v) is 1.26. The van der Waals surface area contributed by atoms with Crippen LogP contribution in [0, 0.1) is 11.8 Å². The van der Waals surface area contributed by atoms with E-state index >= 15 is 0 Å². The predicted octanol–water partition coefficient (Wildman–Crippen LogP) is 0.886. The van der Waals surface area contributed by atoms with E-state index in [0.29, 0.717) is 5.92 Å². The fraction of sp³-hybridized carbons (Fsp3) is 0.900. The van der Waals surface area contributed by atoms with E-state index in [2.05, 4.69) is 19.2 Å². The maximum atomic E-state index is 11.4. The van der Waals surface area contributed by atoms with Gasteiger partial charge in [-0.15, -0.1) is 0 Å². The molecule has 3 nitrogen and oxygen atoms in total. The number of carbonyl (C=O) groups excluding carboxylic acids is 1. The summed E-state index contributed by atoms with van der Waals surface area (Å²) in [4.78, 5) is 11.4. The molecule has 0 unspecified atom stereocenters. The minimum atomic E-state index is -0.286. The third-order valence-corrected chi connectivity index (χ3v) is 2.31. The topological polar surface area (TPSA) is 55.1 Å². The van der Waals surface area contributed by atoms with Gasteiger partial charge >= 0.3 is 0 Å². The molecule has 0 aromatic carbocycles. The molecule has 13 heavy (non-hydrogen) atoms. The summed E-state index contributed by atoms with van der Waals surface area (Å²) in [7, 11) is 0. The lowest BCUT2D eigenvalue weighted by Crippen LogP contribution is -2.42. The molecule has 0 heterocycles. The van der Waals surface area contributed by atoms with Gasteiger partial charge in [-0.3, -0.25) is 4.79 Å². The summed E-state index contributed by atoms with van der Waals surface area (Å²) in [6, 6.07) is -0.286. The fourth-order valence-electron chi connectivity index (χ4n) is 1.26. The van der Waals surface area contributed by atoms with Crippen molar-refractivity contribution in [3.63, 3.8) is 0 Å². The molecule has 0 aliphatic heterocycles. The lowest BCUT2D eigenvalue weighted by Gasteiger charge is -2.12. The van der Waals surface area contributed by atoms with Crippen molar-refractivity contribution < 1.29 is 4.79 Å². The Hall–Kier alpha value is -0.570. The number of hydrogen-bond donors (Lipinski definition) is 2. The van der Waals surface area contributed by atoms with Crippen LogP contribution in [0.4, 0.5) is 0 Å². The third kappa shape index (κ3) is 4.27. The van der Waals surface area contributed by atoms with Gasteiger partial charge in [0, 0.05) is 6.54 Å². The number of rotatable bonds is 5. The summed E-state index contributed by atoms with van der Waals surface area (Å²) < 4.78 is 0. The Morgan fingerprint density at radius 3 is 2.62 bits per heavy atom. The Morgan fingerprint density at radius 2 is 2.15 bits per heavy atom. The SMILES string of the molecule is CC(C)CNC(=O)[C@H](N)CC1CC1. The molecule has 0 saturated heterocycles. The summed E-state index contributed by atoms with van der Waals surface area (Å²) in [5.41, 5.74) is 5.73. The van der Waals surface area contributed by atoms with E-state index in [1.54, 1.807) is 0 Å². The summed E-state index contributed by atoms with van der Waals surface area (Å²) >= 11 is 0. The molecule has 0 spiro atoms. The zero-order valence-electron chi connectivity index (χ0n) is 8.55. The Bertz CT molecular complexity index is 176. The van der Waals surface area contributed by atoms with Crippen molar-refractivity contribution in [2.75, 3.05) is 6.54 Å². The van der Waals surface area contributed by atoms with Crippen molar-refractivity contribution in [3.8, 4) is 0 Å². The van der Waals surface area contributed by atoms with Crippen LogP contribution in [-0.4, -0.2) is 18.5 Å². The van der Waals surface area contributed by atoms with Crippen LogP contribution < -0.4 is 11.1 Å². The molecule has 1 amide bonds. The molecule has 0 bridgehead atoms. The van der Waals surface area contributed by atoms with Crippen molar-refractivity contribution in [1.82, 2.24) is 5.32 Å². The zero-order chi connectivity index (χ0) is 9.84. The highest BCUT2D eigenvalue weighted by molar-refractivity contribution is 5.81.